The van der Waals surface area contributed by atoms with E-state index in [0.29, 0.717) is 5.92 Å². The minimum atomic E-state index is 0.638. The molecular formula is C11H14N4. The van der Waals surface area contributed by atoms with Crippen molar-refractivity contribution in [3.05, 3.63) is 30.2 Å². The Morgan fingerprint density at radius 3 is 3.07 bits per heavy atom. The van der Waals surface area contributed by atoms with Crippen molar-refractivity contribution in [3.8, 4) is 0 Å². The van der Waals surface area contributed by atoms with Crippen LogP contribution in [0.15, 0.2) is 24.7 Å². The zero-order valence-corrected chi connectivity index (χ0v) is 8.56. The first-order valence-corrected chi connectivity index (χ1v) is 5.44. The van der Waals surface area contributed by atoms with E-state index in [0.717, 1.165) is 18.7 Å². The van der Waals surface area contributed by atoms with Crippen LogP contribution in [0.3, 0.4) is 0 Å². The van der Waals surface area contributed by atoms with Gasteiger partial charge in [-0.3, -0.25) is 0 Å². The van der Waals surface area contributed by atoms with Gasteiger partial charge in [-0.1, -0.05) is 6.07 Å². The first-order chi connectivity index (χ1) is 7.45. The fourth-order valence-electron chi connectivity index (χ4n) is 2.32. The molecule has 0 aliphatic carbocycles. The molecule has 15 heavy (non-hydrogen) atoms. The monoisotopic (exact) mass is 202 g/mol. The summed E-state index contributed by atoms with van der Waals surface area (Å²) in [7, 11) is 0. The normalized spacial score (nSPS) is 18.4. The molecule has 0 aromatic carbocycles. The molecule has 0 atom stereocenters. The van der Waals surface area contributed by atoms with Crippen LogP contribution in [0.25, 0.3) is 5.65 Å². The number of pyridine rings is 1. The van der Waals surface area contributed by atoms with Crippen LogP contribution >= 0.6 is 0 Å². The third-order valence-electron chi connectivity index (χ3n) is 3.11. The number of hydrogen-bond donors (Lipinski definition) is 1. The van der Waals surface area contributed by atoms with Gasteiger partial charge in [0.1, 0.15) is 6.33 Å². The molecule has 2 aromatic heterocycles. The van der Waals surface area contributed by atoms with E-state index >= 15 is 0 Å². The Morgan fingerprint density at radius 1 is 1.33 bits per heavy atom. The Hall–Kier alpha value is -1.42. The first-order valence-electron chi connectivity index (χ1n) is 5.44. The number of nitrogens with zero attached hydrogens (tertiary/aromatic N) is 3. The topological polar surface area (TPSA) is 42.2 Å². The molecule has 4 heteroatoms. The standard InChI is InChI=1S/C11H14N4/c1-2-10(9-3-5-12-6-4-9)11-13-8-14-15(11)7-1/h1-2,7-9,12H,3-6H2. The highest BCUT2D eigenvalue weighted by Crippen LogP contribution is 2.27. The van der Waals surface area contributed by atoms with Crippen LogP contribution in [0.2, 0.25) is 0 Å². The van der Waals surface area contributed by atoms with Gasteiger partial charge in [0.15, 0.2) is 5.65 Å². The molecule has 0 unspecified atom stereocenters. The number of aromatic nitrogens is 3. The highest BCUT2D eigenvalue weighted by molar-refractivity contribution is 5.48. The van der Waals surface area contributed by atoms with Gasteiger partial charge in [0, 0.05) is 11.8 Å². The van der Waals surface area contributed by atoms with E-state index in [1.807, 2.05) is 10.7 Å². The SMILES string of the molecule is c1cc(C2CCNCC2)c2ncnn2c1. The van der Waals surface area contributed by atoms with Crippen LogP contribution in [-0.4, -0.2) is 27.7 Å². The van der Waals surface area contributed by atoms with Gasteiger partial charge < -0.3 is 5.32 Å². The Labute approximate surface area is 88.3 Å². The molecular weight excluding hydrogens is 188 g/mol. The maximum atomic E-state index is 4.33. The molecule has 0 amide bonds. The maximum absolute atomic E-state index is 4.33. The van der Waals surface area contributed by atoms with E-state index in [-0.39, 0.29) is 0 Å². The molecule has 2 aromatic rings. The molecule has 1 saturated heterocycles. The van der Waals surface area contributed by atoms with Crippen LogP contribution < -0.4 is 5.32 Å². The molecule has 3 rings (SSSR count). The zero-order chi connectivity index (χ0) is 10.1. The van der Waals surface area contributed by atoms with Crippen molar-refractivity contribution in [1.82, 2.24) is 19.9 Å². The van der Waals surface area contributed by atoms with Gasteiger partial charge in [-0.25, -0.2) is 9.50 Å². The lowest BCUT2D eigenvalue weighted by Gasteiger charge is -2.22. The third-order valence-corrected chi connectivity index (χ3v) is 3.11. The van der Waals surface area contributed by atoms with Crippen molar-refractivity contribution in [1.29, 1.82) is 0 Å². The smallest absolute Gasteiger partial charge is 0.158 e. The van der Waals surface area contributed by atoms with Gasteiger partial charge in [0.05, 0.1) is 0 Å². The zero-order valence-electron chi connectivity index (χ0n) is 8.56. The lowest BCUT2D eigenvalue weighted by atomic mass is 9.91. The minimum Gasteiger partial charge on any atom is -0.317 e. The largest absolute Gasteiger partial charge is 0.317 e. The maximum Gasteiger partial charge on any atom is 0.158 e. The van der Waals surface area contributed by atoms with Crippen molar-refractivity contribution >= 4 is 5.65 Å². The fourth-order valence-corrected chi connectivity index (χ4v) is 2.32. The number of hydrogen-bond acceptors (Lipinski definition) is 3. The van der Waals surface area contributed by atoms with Gasteiger partial charge in [-0.05, 0) is 37.9 Å². The summed E-state index contributed by atoms with van der Waals surface area (Å²) >= 11 is 0. The van der Waals surface area contributed by atoms with Crippen LogP contribution in [0.4, 0.5) is 0 Å². The molecule has 4 nitrogen and oxygen atoms in total. The highest BCUT2D eigenvalue weighted by Gasteiger charge is 2.18. The Bertz CT molecular complexity index is 456. The van der Waals surface area contributed by atoms with Gasteiger partial charge in [0.2, 0.25) is 0 Å². The molecule has 1 aliphatic rings. The van der Waals surface area contributed by atoms with Gasteiger partial charge in [-0.15, -0.1) is 0 Å². The van der Waals surface area contributed by atoms with E-state index in [2.05, 4.69) is 27.5 Å². The summed E-state index contributed by atoms with van der Waals surface area (Å²) in [6, 6.07) is 4.24. The van der Waals surface area contributed by atoms with Crippen molar-refractivity contribution < 1.29 is 0 Å². The summed E-state index contributed by atoms with van der Waals surface area (Å²) in [5, 5.41) is 7.55. The van der Waals surface area contributed by atoms with E-state index in [1.54, 1.807) is 6.33 Å². The minimum absolute atomic E-state index is 0.638. The Balaban J connectivity index is 2.05. The fraction of sp³-hybridized carbons (Fsp3) is 0.455. The average molecular weight is 202 g/mol. The molecule has 1 fully saturated rings. The summed E-state index contributed by atoms with van der Waals surface area (Å²) in [5.41, 5.74) is 2.36. The van der Waals surface area contributed by atoms with Crippen molar-refractivity contribution in [3.63, 3.8) is 0 Å². The molecule has 0 radical (unpaired) electrons. The molecule has 0 spiro atoms. The lowest BCUT2D eigenvalue weighted by Crippen LogP contribution is -2.26. The summed E-state index contributed by atoms with van der Waals surface area (Å²) in [5.74, 6) is 0.638. The van der Waals surface area contributed by atoms with Gasteiger partial charge >= 0.3 is 0 Å². The number of nitrogens with one attached hydrogen (secondary N) is 1. The van der Waals surface area contributed by atoms with Crippen molar-refractivity contribution in [2.45, 2.75) is 18.8 Å². The van der Waals surface area contributed by atoms with Crippen LogP contribution in [0.1, 0.15) is 24.3 Å². The van der Waals surface area contributed by atoms with E-state index in [4.69, 9.17) is 0 Å². The molecule has 1 N–H and O–H groups in total. The highest BCUT2D eigenvalue weighted by atomic mass is 15.3. The summed E-state index contributed by atoms with van der Waals surface area (Å²) in [6.45, 7) is 2.22. The second-order valence-corrected chi connectivity index (χ2v) is 4.02. The van der Waals surface area contributed by atoms with Gasteiger partial charge in [0.25, 0.3) is 0 Å². The Kier molecular flexibility index (Phi) is 2.14. The van der Waals surface area contributed by atoms with Crippen LogP contribution in [0, 0.1) is 0 Å². The third kappa shape index (κ3) is 1.51. The van der Waals surface area contributed by atoms with E-state index in [9.17, 15) is 0 Å². The van der Waals surface area contributed by atoms with E-state index < -0.39 is 0 Å². The quantitative estimate of drug-likeness (QED) is 0.755. The molecule has 1 aliphatic heterocycles. The van der Waals surface area contributed by atoms with Gasteiger partial charge in [-0.2, -0.15) is 5.10 Å². The summed E-state index contributed by atoms with van der Waals surface area (Å²) in [4.78, 5) is 4.33. The van der Waals surface area contributed by atoms with Crippen LogP contribution in [0.5, 0.6) is 0 Å². The van der Waals surface area contributed by atoms with Crippen molar-refractivity contribution in [2.24, 2.45) is 0 Å². The predicted molar refractivity (Wildman–Crippen MR) is 57.8 cm³/mol. The second-order valence-electron chi connectivity index (χ2n) is 4.02. The number of rotatable bonds is 1. The molecule has 3 heterocycles. The van der Waals surface area contributed by atoms with Crippen LogP contribution in [-0.2, 0) is 0 Å². The molecule has 0 saturated carbocycles. The predicted octanol–water partition coefficient (Wildman–Crippen LogP) is 1.20. The van der Waals surface area contributed by atoms with E-state index in [1.165, 1.54) is 18.4 Å². The van der Waals surface area contributed by atoms with Crippen molar-refractivity contribution in [2.75, 3.05) is 13.1 Å². The molecule has 0 bridgehead atoms. The second kappa shape index (κ2) is 3.62. The number of piperidine rings is 1. The average Bonchev–Trinajstić information content (AvgIpc) is 2.78. The Morgan fingerprint density at radius 2 is 2.20 bits per heavy atom. The first kappa shape index (κ1) is 8.85. The summed E-state index contributed by atoms with van der Waals surface area (Å²) in [6.07, 6.45) is 5.98. The lowest BCUT2D eigenvalue weighted by molar-refractivity contribution is 0.461. The summed E-state index contributed by atoms with van der Waals surface area (Å²) < 4.78 is 1.86. The number of fused-ring (bicyclic) bond motifs is 1. The molecule has 78 valence electrons.